The van der Waals surface area contributed by atoms with Gasteiger partial charge in [-0.05, 0) is 11.5 Å². The predicted octanol–water partition coefficient (Wildman–Crippen LogP) is 2.23. The zero-order chi connectivity index (χ0) is 12.1. The van der Waals surface area contributed by atoms with E-state index in [-0.39, 0.29) is 12.7 Å². The van der Waals surface area contributed by atoms with Crippen LogP contribution in [-0.2, 0) is 4.74 Å². The van der Waals surface area contributed by atoms with Crippen molar-refractivity contribution in [1.29, 1.82) is 0 Å². The van der Waals surface area contributed by atoms with Crippen molar-refractivity contribution in [3.63, 3.8) is 0 Å². The number of fused-ring (bicyclic) bond motifs is 1. The lowest BCUT2D eigenvalue weighted by molar-refractivity contribution is 0.0168. The highest BCUT2D eigenvalue weighted by Crippen LogP contribution is 2.25. The number of aliphatic hydroxyl groups excluding tert-OH is 1. The first kappa shape index (κ1) is 11.9. The molecule has 0 aromatic heterocycles. The maximum Gasteiger partial charge on any atom is 0.127 e. The summed E-state index contributed by atoms with van der Waals surface area (Å²) >= 11 is 0. The molecule has 1 atom stereocenters. The monoisotopic (exact) mass is 232 g/mol. The first-order chi connectivity index (χ1) is 8.35. The molecular formula is C14H16O3. The van der Waals surface area contributed by atoms with Crippen LogP contribution in [0.4, 0.5) is 0 Å². The smallest absolute Gasteiger partial charge is 0.127 e. The Bertz CT molecular complexity index is 472. The number of rotatable bonds is 5. The molecule has 0 aliphatic heterocycles. The van der Waals surface area contributed by atoms with E-state index in [9.17, 15) is 0 Å². The van der Waals surface area contributed by atoms with Crippen LogP contribution in [0.15, 0.2) is 42.5 Å². The van der Waals surface area contributed by atoms with E-state index in [4.69, 9.17) is 14.6 Å². The van der Waals surface area contributed by atoms with Gasteiger partial charge in [-0.1, -0.05) is 36.4 Å². The lowest BCUT2D eigenvalue weighted by Gasteiger charge is -2.14. The number of methoxy groups -OCH3 is 1. The van der Waals surface area contributed by atoms with Gasteiger partial charge in [0.1, 0.15) is 18.5 Å². The van der Waals surface area contributed by atoms with Gasteiger partial charge in [-0.3, -0.25) is 0 Å². The minimum atomic E-state index is -0.283. The van der Waals surface area contributed by atoms with E-state index in [2.05, 4.69) is 0 Å². The average molecular weight is 232 g/mol. The Morgan fingerprint density at radius 3 is 2.65 bits per heavy atom. The van der Waals surface area contributed by atoms with E-state index in [1.165, 1.54) is 0 Å². The second-order valence-corrected chi connectivity index (χ2v) is 3.83. The van der Waals surface area contributed by atoms with Crippen LogP contribution in [0.2, 0.25) is 0 Å². The quantitative estimate of drug-likeness (QED) is 0.859. The van der Waals surface area contributed by atoms with Crippen LogP contribution >= 0.6 is 0 Å². The molecule has 2 rings (SSSR count). The molecule has 0 amide bonds. The molecular weight excluding hydrogens is 216 g/mol. The average Bonchev–Trinajstić information content (AvgIpc) is 2.40. The van der Waals surface area contributed by atoms with Crippen LogP contribution in [0.5, 0.6) is 5.75 Å². The molecule has 0 saturated heterocycles. The molecule has 17 heavy (non-hydrogen) atoms. The van der Waals surface area contributed by atoms with Gasteiger partial charge in [0, 0.05) is 12.5 Å². The van der Waals surface area contributed by atoms with E-state index in [1.807, 2.05) is 42.5 Å². The number of aliphatic hydroxyl groups is 1. The van der Waals surface area contributed by atoms with Crippen molar-refractivity contribution in [3.8, 4) is 5.75 Å². The van der Waals surface area contributed by atoms with E-state index in [0.717, 1.165) is 16.5 Å². The van der Waals surface area contributed by atoms with Crippen molar-refractivity contribution in [2.45, 2.75) is 6.10 Å². The normalized spacial score (nSPS) is 12.6. The maximum absolute atomic E-state index is 9.01. The first-order valence-electron chi connectivity index (χ1n) is 5.59. The number of benzene rings is 2. The highest BCUT2D eigenvalue weighted by atomic mass is 16.5. The standard InChI is InChI=1S/C14H16O3/c1-16-12(9-15)10-17-14-8-4-6-11-5-2-3-7-13(11)14/h2-8,12,15H,9-10H2,1H3/t12-/m0/s1. The first-order valence-corrected chi connectivity index (χ1v) is 5.59. The third-order valence-corrected chi connectivity index (χ3v) is 2.71. The van der Waals surface area contributed by atoms with Gasteiger partial charge in [0.15, 0.2) is 0 Å². The van der Waals surface area contributed by atoms with Gasteiger partial charge in [0.25, 0.3) is 0 Å². The fourth-order valence-electron chi connectivity index (χ4n) is 1.70. The molecule has 0 radical (unpaired) electrons. The molecule has 0 bridgehead atoms. The third kappa shape index (κ3) is 2.75. The molecule has 0 fully saturated rings. The van der Waals surface area contributed by atoms with Crippen molar-refractivity contribution in [2.75, 3.05) is 20.3 Å². The van der Waals surface area contributed by atoms with Crippen LogP contribution in [-0.4, -0.2) is 31.5 Å². The zero-order valence-corrected chi connectivity index (χ0v) is 9.80. The van der Waals surface area contributed by atoms with E-state index in [0.29, 0.717) is 6.61 Å². The molecule has 0 aliphatic rings. The van der Waals surface area contributed by atoms with Crippen LogP contribution in [0.25, 0.3) is 10.8 Å². The topological polar surface area (TPSA) is 38.7 Å². The van der Waals surface area contributed by atoms with Gasteiger partial charge < -0.3 is 14.6 Å². The fourth-order valence-corrected chi connectivity index (χ4v) is 1.70. The summed E-state index contributed by atoms with van der Waals surface area (Å²) in [5, 5.41) is 11.2. The molecule has 3 heteroatoms. The highest BCUT2D eigenvalue weighted by Gasteiger charge is 2.07. The second kappa shape index (κ2) is 5.66. The predicted molar refractivity (Wildman–Crippen MR) is 67.3 cm³/mol. The Kier molecular flexibility index (Phi) is 3.96. The molecule has 0 spiro atoms. The molecule has 90 valence electrons. The minimum Gasteiger partial charge on any atom is -0.490 e. The summed E-state index contributed by atoms with van der Waals surface area (Å²) in [6, 6.07) is 14.0. The maximum atomic E-state index is 9.01. The van der Waals surface area contributed by atoms with Crippen molar-refractivity contribution in [2.24, 2.45) is 0 Å². The van der Waals surface area contributed by atoms with Gasteiger partial charge in [-0.15, -0.1) is 0 Å². The lowest BCUT2D eigenvalue weighted by Crippen LogP contribution is -2.24. The Hall–Kier alpha value is -1.58. The third-order valence-electron chi connectivity index (χ3n) is 2.71. The van der Waals surface area contributed by atoms with Crippen LogP contribution < -0.4 is 4.74 Å². The zero-order valence-electron chi connectivity index (χ0n) is 9.80. The number of hydrogen-bond acceptors (Lipinski definition) is 3. The number of ether oxygens (including phenoxy) is 2. The van der Waals surface area contributed by atoms with Crippen LogP contribution in [0.1, 0.15) is 0 Å². The Morgan fingerprint density at radius 1 is 1.12 bits per heavy atom. The minimum absolute atomic E-state index is 0.0404. The Morgan fingerprint density at radius 2 is 1.88 bits per heavy atom. The summed E-state index contributed by atoms with van der Waals surface area (Å²) in [6.45, 7) is 0.308. The Balaban J connectivity index is 2.18. The Labute approximate surface area is 101 Å². The summed E-state index contributed by atoms with van der Waals surface area (Å²) < 4.78 is 10.7. The van der Waals surface area contributed by atoms with Gasteiger partial charge in [0.2, 0.25) is 0 Å². The molecule has 0 heterocycles. The molecule has 1 N–H and O–H groups in total. The molecule has 0 unspecified atom stereocenters. The fraction of sp³-hybridized carbons (Fsp3) is 0.286. The van der Waals surface area contributed by atoms with Crippen molar-refractivity contribution in [3.05, 3.63) is 42.5 Å². The molecule has 2 aromatic rings. The number of hydrogen-bond donors (Lipinski definition) is 1. The largest absolute Gasteiger partial charge is 0.490 e. The van der Waals surface area contributed by atoms with Gasteiger partial charge in [-0.25, -0.2) is 0 Å². The second-order valence-electron chi connectivity index (χ2n) is 3.83. The molecule has 0 saturated carbocycles. The summed E-state index contributed by atoms with van der Waals surface area (Å²) in [6.07, 6.45) is -0.283. The lowest BCUT2D eigenvalue weighted by atomic mass is 10.1. The highest BCUT2D eigenvalue weighted by molar-refractivity contribution is 5.88. The SMILES string of the molecule is CO[C@@H](CO)COc1cccc2ccccc12. The molecule has 2 aromatic carbocycles. The summed E-state index contributed by atoms with van der Waals surface area (Å²) in [7, 11) is 1.56. The summed E-state index contributed by atoms with van der Waals surface area (Å²) in [5.41, 5.74) is 0. The van der Waals surface area contributed by atoms with Gasteiger partial charge >= 0.3 is 0 Å². The van der Waals surface area contributed by atoms with Crippen molar-refractivity contribution < 1.29 is 14.6 Å². The van der Waals surface area contributed by atoms with Crippen LogP contribution in [0, 0.1) is 0 Å². The van der Waals surface area contributed by atoms with Crippen LogP contribution in [0.3, 0.4) is 0 Å². The van der Waals surface area contributed by atoms with Gasteiger partial charge in [-0.2, -0.15) is 0 Å². The van der Waals surface area contributed by atoms with E-state index < -0.39 is 0 Å². The van der Waals surface area contributed by atoms with Crippen molar-refractivity contribution in [1.82, 2.24) is 0 Å². The van der Waals surface area contributed by atoms with Crippen molar-refractivity contribution >= 4 is 10.8 Å². The summed E-state index contributed by atoms with van der Waals surface area (Å²) in [5.74, 6) is 0.818. The van der Waals surface area contributed by atoms with Gasteiger partial charge in [0.05, 0.1) is 6.61 Å². The molecule has 0 aliphatic carbocycles. The van der Waals surface area contributed by atoms with E-state index >= 15 is 0 Å². The van der Waals surface area contributed by atoms with E-state index in [1.54, 1.807) is 7.11 Å². The summed E-state index contributed by atoms with van der Waals surface area (Å²) in [4.78, 5) is 0. The molecule has 3 nitrogen and oxygen atoms in total.